The maximum absolute atomic E-state index is 8.76. The van der Waals surface area contributed by atoms with Crippen LogP contribution in [0.5, 0.6) is 0 Å². The van der Waals surface area contributed by atoms with E-state index in [1.807, 2.05) is 26.8 Å². The first-order valence-corrected chi connectivity index (χ1v) is 4.13. The lowest BCUT2D eigenvalue weighted by atomic mass is 10.2. The first-order valence-electron chi connectivity index (χ1n) is 4.13. The third-order valence-electron chi connectivity index (χ3n) is 1.75. The van der Waals surface area contributed by atoms with Crippen molar-refractivity contribution < 1.29 is 14.6 Å². The number of aliphatic hydroxyl groups is 1. The van der Waals surface area contributed by atoms with Crippen molar-refractivity contribution in [1.29, 1.82) is 0 Å². The van der Waals surface area contributed by atoms with Gasteiger partial charge in [0.25, 0.3) is 0 Å². The van der Waals surface area contributed by atoms with Crippen LogP contribution in [0.15, 0.2) is 11.6 Å². The molecule has 1 N–H and O–H groups in total. The molecule has 1 fully saturated rings. The number of rotatable bonds is 2. The summed E-state index contributed by atoms with van der Waals surface area (Å²) in [6, 6.07) is 0. The van der Waals surface area contributed by atoms with Crippen molar-refractivity contribution in [3.8, 4) is 0 Å². The van der Waals surface area contributed by atoms with Gasteiger partial charge in [0.2, 0.25) is 0 Å². The predicted molar refractivity (Wildman–Crippen MR) is 45.7 cm³/mol. The van der Waals surface area contributed by atoms with Gasteiger partial charge in [0, 0.05) is 0 Å². The first-order chi connectivity index (χ1) is 5.53. The zero-order valence-corrected chi connectivity index (χ0v) is 7.83. The Kier molecular flexibility index (Phi) is 2.88. The molecule has 0 bridgehead atoms. The molecule has 0 amide bonds. The van der Waals surface area contributed by atoms with Crippen molar-refractivity contribution in [2.75, 3.05) is 13.2 Å². The van der Waals surface area contributed by atoms with Crippen LogP contribution < -0.4 is 0 Å². The van der Waals surface area contributed by atoms with Gasteiger partial charge in [0.15, 0.2) is 5.79 Å². The lowest BCUT2D eigenvalue weighted by molar-refractivity contribution is -0.133. The van der Waals surface area contributed by atoms with E-state index in [0.717, 1.165) is 5.57 Å². The molecule has 0 unspecified atom stereocenters. The highest BCUT2D eigenvalue weighted by Gasteiger charge is 2.31. The van der Waals surface area contributed by atoms with Crippen LogP contribution in [0.25, 0.3) is 0 Å². The van der Waals surface area contributed by atoms with Crippen LogP contribution >= 0.6 is 0 Å². The Morgan fingerprint density at radius 2 is 2.33 bits per heavy atom. The van der Waals surface area contributed by atoms with Gasteiger partial charge in [-0.1, -0.05) is 6.08 Å². The fourth-order valence-electron chi connectivity index (χ4n) is 1.17. The third-order valence-corrected chi connectivity index (χ3v) is 1.75. The van der Waals surface area contributed by atoms with E-state index >= 15 is 0 Å². The van der Waals surface area contributed by atoms with E-state index in [1.54, 1.807) is 0 Å². The molecule has 1 aliphatic rings. The Labute approximate surface area is 73.0 Å². The van der Waals surface area contributed by atoms with Crippen molar-refractivity contribution in [3.63, 3.8) is 0 Å². The van der Waals surface area contributed by atoms with Gasteiger partial charge in [0.1, 0.15) is 6.10 Å². The molecule has 1 aliphatic heterocycles. The molecule has 0 saturated carbocycles. The van der Waals surface area contributed by atoms with Gasteiger partial charge < -0.3 is 14.6 Å². The van der Waals surface area contributed by atoms with Gasteiger partial charge in [-0.05, 0) is 26.3 Å². The molecule has 0 aromatic rings. The first kappa shape index (κ1) is 9.71. The van der Waals surface area contributed by atoms with Crippen molar-refractivity contribution in [2.45, 2.75) is 32.7 Å². The van der Waals surface area contributed by atoms with E-state index in [2.05, 4.69) is 0 Å². The molecule has 0 aromatic carbocycles. The number of hydrogen-bond donors (Lipinski definition) is 1. The third kappa shape index (κ3) is 2.59. The second-order valence-corrected chi connectivity index (χ2v) is 3.54. The molecule has 1 saturated heterocycles. The maximum Gasteiger partial charge on any atom is 0.163 e. The van der Waals surface area contributed by atoms with E-state index in [1.165, 1.54) is 0 Å². The Morgan fingerprint density at radius 3 is 2.75 bits per heavy atom. The van der Waals surface area contributed by atoms with Gasteiger partial charge in [-0.2, -0.15) is 0 Å². The van der Waals surface area contributed by atoms with E-state index in [4.69, 9.17) is 14.6 Å². The Morgan fingerprint density at radius 1 is 1.67 bits per heavy atom. The summed E-state index contributed by atoms with van der Waals surface area (Å²) in [7, 11) is 0. The Balaban J connectivity index is 2.48. The van der Waals surface area contributed by atoms with Crippen LogP contribution in [-0.2, 0) is 9.47 Å². The quantitative estimate of drug-likeness (QED) is 0.633. The molecular formula is C9H16O3. The van der Waals surface area contributed by atoms with Crippen molar-refractivity contribution in [2.24, 2.45) is 0 Å². The maximum atomic E-state index is 8.76. The van der Waals surface area contributed by atoms with Gasteiger partial charge in [0.05, 0.1) is 13.2 Å². The van der Waals surface area contributed by atoms with Gasteiger partial charge in [-0.15, -0.1) is 0 Å². The normalized spacial score (nSPS) is 29.3. The second kappa shape index (κ2) is 3.56. The van der Waals surface area contributed by atoms with Gasteiger partial charge >= 0.3 is 0 Å². The van der Waals surface area contributed by atoms with E-state index in [9.17, 15) is 0 Å². The minimum atomic E-state index is -0.475. The molecule has 0 aliphatic carbocycles. The largest absolute Gasteiger partial charge is 0.392 e. The second-order valence-electron chi connectivity index (χ2n) is 3.54. The minimum Gasteiger partial charge on any atom is -0.392 e. The summed E-state index contributed by atoms with van der Waals surface area (Å²) in [6.45, 7) is 6.30. The minimum absolute atomic E-state index is 0.00727. The number of hydrogen-bond acceptors (Lipinski definition) is 3. The van der Waals surface area contributed by atoms with Crippen LogP contribution in [0.1, 0.15) is 20.8 Å². The molecule has 1 atom stereocenters. The molecule has 12 heavy (non-hydrogen) atoms. The zero-order chi connectivity index (χ0) is 9.19. The zero-order valence-electron chi connectivity index (χ0n) is 7.83. The monoisotopic (exact) mass is 172 g/mol. The van der Waals surface area contributed by atoms with E-state index in [-0.39, 0.29) is 12.7 Å². The van der Waals surface area contributed by atoms with Crippen molar-refractivity contribution in [1.82, 2.24) is 0 Å². The molecule has 1 rings (SSSR count). The summed E-state index contributed by atoms with van der Waals surface area (Å²) in [5.41, 5.74) is 0.918. The molecule has 3 heteroatoms. The summed E-state index contributed by atoms with van der Waals surface area (Å²) in [5, 5.41) is 8.76. The number of ether oxygens (including phenoxy) is 2. The lowest BCUT2D eigenvalue weighted by Crippen LogP contribution is -2.20. The summed E-state index contributed by atoms with van der Waals surface area (Å²) in [6.07, 6.45) is 1.89. The van der Waals surface area contributed by atoms with Crippen molar-refractivity contribution >= 4 is 0 Å². The van der Waals surface area contributed by atoms with E-state index < -0.39 is 5.79 Å². The summed E-state index contributed by atoms with van der Waals surface area (Å²) >= 11 is 0. The highest BCUT2D eigenvalue weighted by molar-refractivity contribution is 5.03. The molecule has 3 nitrogen and oxygen atoms in total. The summed E-state index contributed by atoms with van der Waals surface area (Å²) in [5.74, 6) is -0.475. The fraction of sp³-hybridized carbons (Fsp3) is 0.778. The van der Waals surface area contributed by atoms with E-state index in [0.29, 0.717) is 6.61 Å². The average Bonchev–Trinajstić information content (AvgIpc) is 2.30. The smallest absolute Gasteiger partial charge is 0.163 e. The van der Waals surface area contributed by atoms with Crippen molar-refractivity contribution in [3.05, 3.63) is 11.6 Å². The van der Waals surface area contributed by atoms with Crippen LogP contribution in [-0.4, -0.2) is 30.2 Å². The van der Waals surface area contributed by atoms with Gasteiger partial charge in [-0.25, -0.2) is 0 Å². The lowest BCUT2D eigenvalue weighted by Gasteiger charge is -2.15. The molecule has 70 valence electrons. The number of aliphatic hydroxyl groups excluding tert-OH is 1. The molecule has 0 radical (unpaired) electrons. The highest BCUT2D eigenvalue weighted by Crippen LogP contribution is 2.23. The molecular weight excluding hydrogens is 156 g/mol. The highest BCUT2D eigenvalue weighted by atomic mass is 16.7. The van der Waals surface area contributed by atoms with Gasteiger partial charge in [-0.3, -0.25) is 0 Å². The summed E-state index contributed by atoms with van der Waals surface area (Å²) in [4.78, 5) is 0. The Bertz CT molecular complexity index is 184. The topological polar surface area (TPSA) is 38.7 Å². The average molecular weight is 172 g/mol. The molecule has 0 aromatic heterocycles. The predicted octanol–water partition coefficient (Wildman–Crippen LogP) is 1.08. The SMILES string of the molecule is C/C(=C/[C@H]1COC(C)(C)O1)CO. The standard InChI is InChI=1S/C9H16O3/c1-7(5-10)4-8-6-11-9(2,3)12-8/h4,8,10H,5-6H2,1-3H3/b7-4-/t8-/m0/s1. The fourth-order valence-corrected chi connectivity index (χ4v) is 1.17. The van der Waals surface area contributed by atoms with Crippen LogP contribution in [0.2, 0.25) is 0 Å². The van der Waals surface area contributed by atoms with Crippen LogP contribution in [0.4, 0.5) is 0 Å². The summed E-state index contributed by atoms with van der Waals surface area (Å²) < 4.78 is 10.9. The molecule has 1 heterocycles. The van der Waals surface area contributed by atoms with Crippen LogP contribution in [0, 0.1) is 0 Å². The molecule has 0 spiro atoms. The van der Waals surface area contributed by atoms with Crippen LogP contribution in [0.3, 0.4) is 0 Å². The Hall–Kier alpha value is -0.380.